The molecule has 0 saturated carbocycles. The van der Waals surface area contributed by atoms with Gasteiger partial charge in [0.2, 0.25) is 0 Å². The fourth-order valence-electron chi connectivity index (χ4n) is 0.601. The van der Waals surface area contributed by atoms with Crippen LogP contribution in [0.5, 0.6) is 0 Å². The van der Waals surface area contributed by atoms with Crippen molar-refractivity contribution < 1.29 is 0 Å². The van der Waals surface area contributed by atoms with Gasteiger partial charge in [-0.1, -0.05) is 12.2 Å². The van der Waals surface area contributed by atoms with Gasteiger partial charge in [-0.2, -0.15) is 0 Å². The zero-order valence-electron chi connectivity index (χ0n) is 5.84. The number of hydrogen-bond donors (Lipinski definition) is 1. The van der Waals surface area contributed by atoms with Crippen LogP contribution in [0.4, 0.5) is 5.82 Å². The number of anilines is 1. The molecule has 0 unspecified atom stereocenters. The van der Waals surface area contributed by atoms with Crippen molar-refractivity contribution in [2.24, 2.45) is 0 Å². The van der Waals surface area contributed by atoms with E-state index < -0.39 is 0 Å². The van der Waals surface area contributed by atoms with Gasteiger partial charge in [-0.15, -0.1) is 11.3 Å². The minimum atomic E-state index is 0.755. The number of hydrogen-bond acceptors (Lipinski definition) is 3. The second kappa shape index (κ2) is 3.07. The second-order valence-corrected chi connectivity index (χ2v) is 3.61. The summed E-state index contributed by atoms with van der Waals surface area (Å²) in [7, 11) is 0. The molecule has 1 aromatic rings. The van der Waals surface area contributed by atoms with Gasteiger partial charge in [-0.05, 0) is 13.8 Å². The van der Waals surface area contributed by atoms with Crippen molar-refractivity contribution in [3.63, 3.8) is 0 Å². The lowest BCUT2D eigenvalue weighted by atomic mass is 10.6. The number of aromatic nitrogens is 1. The van der Waals surface area contributed by atoms with Crippen molar-refractivity contribution >= 4 is 34.4 Å². The third-order valence-corrected chi connectivity index (χ3v) is 1.80. The quantitative estimate of drug-likeness (QED) is 0.657. The molecule has 0 fully saturated rings. The number of nitrogens with one attached hydrogen (secondary N) is 1. The first-order valence-electron chi connectivity index (χ1n) is 2.88. The molecular weight excluding hydrogens is 164 g/mol. The number of thiocarbonyl (C=S) groups is 1. The summed E-state index contributed by atoms with van der Waals surface area (Å²) in [5.74, 6) is 0.856. The predicted molar refractivity (Wildman–Crippen MR) is 48.7 cm³/mol. The van der Waals surface area contributed by atoms with Crippen LogP contribution in [0.15, 0.2) is 5.38 Å². The number of aryl methyl sites for hydroxylation is 1. The van der Waals surface area contributed by atoms with E-state index in [1.165, 1.54) is 0 Å². The van der Waals surface area contributed by atoms with Crippen LogP contribution < -0.4 is 5.32 Å². The fraction of sp³-hybridized carbons (Fsp3) is 0.333. The predicted octanol–water partition coefficient (Wildman–Crippen LogP) is 2.21. The Bertz CT molecular complexity index is 242. The molecule has 54 valence electrons. The third kappa shape index (κ3) is 2.04. The monoisotopic (exact) mass is 172 g/mol. The van der Waals surface area contributed by atoms with Crippen molar-refractivity contribution in [2.45, 2.75) is 13.8 Å². The zero-order chi connectivity index (χ0) is 7.56. The van der Waals surface area contributed by atoms with Gasteiger partial charge in [0.1, 0.15) is 5.82 Å². The van der Waals surface area contributed by atoms with Gasteiger partial charge < -0.3 is 5.32 Å². The van der Waals surface area contributed by atoms with E-state index >= 15 is 0 Å². The summed E-state index contributed by atoms with van der Waals surface area (Å²) >= 11 is 6.45. The van der Waals surface area contributed by atoms with Crippen LogP contribution in [-0.2, 0) is 0 Å². The summed E-state index contributed by atoms with van der Waals surface area (Å²) in [5, 5.41) is 5.96. The van der Waals surface area contributed by atoms with Crippen molar-refractivity contribution in [1.29, 1.82) is 0 Å². The minimum absolute atomic E-state index is 0.755. The highest BCUT2D eigenvalue weighted by Gasteiger charge is 1.95. The van der Waals surface area contributed by atoms with Crippen LogP contribution in [0.25, 0.3) is 0 Å². The molecule has 0 amide bonds. The summed E-state index contributed by atoms with van der Waals surface area (Å²) < 4.78 is 0. The van der Waals surface area contributed by atoms with Gasteiger partial charge in [0.15, 0.2) is 0 Å². The topological polar surface area (TPSA) is 24.9 Å². The molecule has 0 bridgehead atoms. The highest BCUT2D eigenvalue weighted by atomic mass is 32.1. The average molecular weight is 172 g/mol. The van der Waals surface area contributed by atoms with E-state index in [9.17, 15) is 0 Å². The number of nitrogens with zero attached hydrogens (tertiary/aromatic N) is 1. The van der Waals surface area contributed by atoms with Crippen LogP contribution in [0, 0.1) is 6.92 Å². The van der Waals surface area contributed by atoms with E-state index in [1.54, 1.807) is 11.3 Å². The Morgan fingerprint density at radius 2 is 2.50 bits per heavy atom. The first-order chi connectivity index (χ1) is 4.68. The molecule has 0 atom stereocenters. The molecular formula is C6H8N2S2. The highest BCUT2D eigenvalue weighted by Crippen LogP contribution is 2.12. The molecule has 0 aromatic carbocycles. The maximum absolute atomic E-state index is 4.84. The van der Waals surface area contributed by atoms with Crippen LogP contribution in [0.1, 0.15) is 11.9 Å². The van der Waals surface area contributed by atoms with Crippen LogP contribution >= 0.6 is 23.6 Å². The van der Waals surface area contributed by atoms with Crippen molar-refractivity contribution in [3.8, 4) is 0 Å². The molecule has 0 aliphatic rings. The summed E-state index contributed by atoms with van der Waals surface area (Å²) in [4.78, 5) is 4.93. The molecule has 1 heterocycles. The molecule has 0 radical (unpaired) electrons. The van der Waals surface area contributed by atoms with Crippen molar-refractivity contribution in [2.75, 3.05) is 5.32 Å². The molecule has 4 heteroatoms. The molecule has 1 N–H and O–H groups in total. The van der Waals surface area contributed by atoms with E-state index in [2.05, 4.69) is 10.3 Å². The Hall–Kier alpha value is -0.480. The van der Waals surface area contributed by atoms with E-state index in [0.29, 0.717) is 0 Å². The van der Waals surface area contributed by atoms with Crippen molar-refractivity contribution in [1.82, 2.24) is 4.98 Å². The molecule has 2 nitrogen and oxygen atoms in total. The lowest BCUT2D eigenvalue weighted by molar-refractivity contribution is 1.30. The van der Waals surface area contributed by atoms with Gasteiger partial charge in [-0.3, -0.25) is 0 Å². The molecule has 0 aliphatic heterocycles. The van der Waals surface area contributed by atoms with E-state index in [4.69, 9.17) is 12.2 Å². The Kier molecular flexibility index (Phi) is 2.34. The molecule has 1 rings (SSSR count). The van der Waals surface area contributed by atoms with Crippen LogP contribution in [0.3, 0.4) is 0 Å². The lowest BCUT2D eigenvalue weighted by Gasteiger charge is -1.95. The maximum atomic E-state index is 4.84. The summed E-state index contributed by atoms with van der Waals surface area (Å²) in [6.45, 7) is 3.80. The summed E-state index contributed by atoms with van der Waals surface area (Å²) in [6.07, 6.45) is 0. The summed E-state index contributed by atoms with van der Waals surface area (Å²) in [6, 6.07) is 0. The van der Waals surface area contributed by atoms with E-state index in [-0.39, 0.29) is 0 Å². The smallest absolute Gasteiger partial charge is 0.142 e. The van der Waals surface area contributed by atoms with Gasteiger partial charge in [-0.25, -0.2) is 4.98 Å². The largest absolute Gasteiger partial charge is 0.334 e. The highest BCUT2D eigenvalue weighted by molar-refractivity contribution is 7.80. The minimum Gasteiger partial charge on any atom is -0.334 e. The second-order valence-electron chi connectivity index (χ2n) is 1.93. The van der Waals surface area contributed by atoms with Gasteiger partial charge >= 0.3 is 0 Å². The Morgan fingerprint density at radius 3 is 2.90 bits per heavy atom. The third-order valence-electron chi connectivity index (χ3n) is 0.923. The SMILES string of the molecule is CC(=S)Nc1csc(C)n1. The Balaban J connectivity index is 2.67. The molecule has 0 aliphatic carbocycles. The van der Waals surface area contributed by atoms with Gasteiger partial charge in [0.25, 0.3) is 0 Å². The first-order valence-corrected chi connectivity index (χ1v) is 4.17. The Labute approximate surface area is 69.3 Å². The molecule has 0 saturated heterocycles. The Morgan fingerprint density at radius 1 is 1.80 bits per heavy atom. The fourth-order valence-corrected chi connectivity index (χ4v) is 1.25. The zero-order valence-corrected chi connectivity index (χ0v) is 7.47. The number of thiazole rings is 1. The normalized spacial score (nSPS) is 9.40. The van der Waals surface area contributed by atoms with Gasteiger partial charge in [0, 0.05) is 5.38 Å². The van der Waals surface area contributed by atoms with Gasteiger partial charge in [0.05, 0.1) is 10.00 Å². The van der Waals surface area contributed by atoms with Crippen molar-refractivity contribution in [3.05, 3.63) is 10.4 Å². The molecule has 10 heavy (non-hydrogen) atoms. The van der Waals surface area contributed by atoms with Crippen LogP contribution in [0.2, 0.25) is 0 Å². The number of rotatable bonds is 1. The lowest BCUT2D eigenvalue weighted by Crippen LogP contribution is -2.03. The van der Waals surface area contributed by atoms with E-state index in [0.717, 1.165) is 15.8 Å². The molecule has 1 aromatic heterocycles. The maximum Gasteiger partial charge on any atom is 0.142 e. The first kappa shape index (κ1) is 7.63. The summed E-state index contributed by atoms with van der Waals surface area (Å²) in [5.41, 5.74) is 0. The average Bonchev–Trinajstić information content (AvgIpc) is 2.13. The van der Waals surface area contributed by atoms with E-state index in [1.807, 2.05) is 19.2 Å². The van der Waals surface area contributed by atoms with Crippen LogP contribution in [-0.4, -0.2) is 9.97 Å². The standard InChI is InChI=1S/C6H8N2S2/c1-4(9)7-6-3-10-5(2)8-6/h3H,1-2H3,(H,7,9). The molecule has 0 spiro atoms.